The molecular weight excluding hydrogens is 422 g/mol. The van der Waals surface area contributed by atoms with Crippen LogP contribution in [-0.2, 0) is 9.84 Å². The molecule has 30 heavy (non-hydrogen) atoms. The molecule has 156 valence electrons. The quantitative estimate of drug-likeness (QED) is 0.515. The third-order valence-corrected chi connectivity index (χ3v) is 7.23. The number of aromatic amines is 1. The molecule has 0 amide bonds. The van der Waals surface area contributed by atoms with Crippen LogP contribution in [0.2, 0.25) is 0 Å². The van der Waals surface area contributed by atoms with Crippen LogP contribution in [0.1, 0.15) is 6.42 Å². The predicted molar refractivity (Wildman–Crippen MR) is 119 cm³/mol. The lowest BCUT2D eigenvalue weighted by atomic mass is 10.1. The Morgan fingerprint density at radius 3 is 2.67 bits per heavy atom. The smallest absolute Gasteiger partial charge is 0.224 e. The molecule has 3 aromatic carbocycles. The van der Waals surface area contributed by atoms with Crippen molar-refractivity contribution in [1.82, 2.24) is 15.1 Å². The molecule has 1 aliphatic rings. The summed E-state index contributed by atoms with van der Waals surface area (Å²) in [6.45, 7) is 1.86. The van der Waals surface area contributed by atoms with E-state index in [4.69, 9.17) is 4.74 Å². The van der Waals surface area contributed by atoms with E-state index in [2.05, 4.69) is 22.1 Å². The van der Waals surface area contributed by atoms with Gasteiger partial charge in [-0.25, -0.2) is 8.42 Å². The summed E-state index contributed by atoms with van der Waals surface area (Å²) in [7, 11) is -1.72. The van der Waals surface area contributed by atoms with Crippen LogP contribution in [0.25, 0.3) is 21.7 Å². The summed E-state index contributed by atoms with van der Waals surface area (Å²) < 4.78 is 33.1. The number of rotatable bonds is 4. The maximum atomic E-state index is 13.5. The molecule has 1 fully saturated rings. The fourth-order valence-corrected chi connectivity index (χ4v) is 5.54. The zero-order valence-electron chi connectivity index (χ0n) is 16.4. The summed E-state index contributed by atoms with van der Waals surface area (Å²) in [6, 6.07) is 18.2. The van der Waals surface area contributed by atoms with Crippen molar-refractivity contribution in [3.63, 3.8) is 0 Å². The fourth-order valence-electron chi connectivity index (χ4n) is 3.97. The molecule has 1 unspecified atom stereocenters. The van der Waals surface area contributed by atoms with E-state index in [1.54, 1.807) is 24.3 Å². The molecule has 1 saturated heterocycles. The molecule has 1 aromatic heterocycles. The van der Waals surface area contributed by atoms with Gasteiger partial charge in [-0.3, -0.25) is 5.10 Å². The van der Waals surface area contributed by atoms with Crippen LogP contribution in [0.4, 0.5) is 0 Å². The second-order valence-electron chi connectivity index (χ2n) is 7.50. The van der Waals surface area contributed by atoms with Crippen LogP contribution >= 0.6 is 12.4 Å². The lowest BCUT2D eigenvalue weighted by Gasteiger charge is -2.14. The lowest BCUT2D eigenvalue weighted by molar-refractivity contribution is 0.208. The van der Waals surface area contributed by atoms with Gasteiger partial charge in [-0.2, -0.15) is 5.10 Å². The zero-order chi connectivity index (χ0) is 20.0. The Kier molecular flexibility index (Phi) is 5.44. The van der Waals surface area contributed by atoms with E-state index >= 15 is 0 Å². The lowest BCUT2D eigenvalue weighted by Crippen LogP contribution is -2.21. The van der Waals surface area contributed by atoms with Crippen molar-refractivity contribution in [3.8, 4) is 5.75 Å². The van der Waals surface area contributed by atoms with Crippen LogP contribution in [0.5, 0.6) is 5.75 Å². The number of fused-ring (bicyclic) bond motifs is 2. The molecule has 0 saturated carbocycles. The number of halogens is 1. The van der Waals surface area contributed by atoms with Crippen molar-refractivity contribution in [2.45, 2.75) is 22.4 Å². The fraction of sp³-hybridized carbons (Fsp3) is 0.227. The average Bonchev–Trinajstić information content (AvgIpc) is 3.33. The maximum absolute atomic E-state index is 13.5. The summed E-state index contributed by atoms with van der Waals surface area (Å²) in [5.74, 6) is 0.661. The maximum Gasteiger partial charge on any atom is 0.224 e. The first-order valence-electron chi connectivity index (χ1n) is 9.58. The highest BCUT2D eigenvalue weighted by atomic mass is 35.5. The largest absolute Gasteiger partial charge is 0.489 e. The van der Waals surface area contributed by atoms with Gasteiger partial charge in [0.25, 0.3) is 0 Å². The van der Waals surface area contributed by atoms with Gasteiger partial charge in [0.1, 0.15) is 11.9 Å². The van der Waals surface area contributed by atoms with E-state index in [0.717, 1.165) is 24.9 Å². The van der Waals surface area contributed by atoms with E-state index < -0.39 is 9.84 Å². The number of likely N-dealkylation sites (N-methyl/N-ethyl adjacent to an activating group) is 1. The highest BCUT2D eigenvalue weighted by Gasteiger charge is 2.26. The number of aromatic nitrogens is 2. The molecule has 8 heteroatoms. The molecule has 0 bridgehead atoms. The second-order valence-corrected chi connectivity index (χ2v) is 9.36. The van der Waals surface area contributed by atoms with Crippen molar-refractivity contribution in [1.29, 1.82) is 0 Å². The SMILES string of the molecule is CN1CCC(Oc2ccc3n[nH]c(S(=O)(=O)c4cccc5ccccc45)c3c2)C1.Cl. The number of benzene rings is 3. The van der Waals surface area contributed by atoms with Gasteiger partial charge in [-0.1, -0.05) is 36.4 Å². The first kappa shape index (κ1) is 20.7. The van der Waals surface area contributed by atoms with Crippen molar-refractivity contribution in [3.05, 3.63) is 60.7 Å². The highest BCUT2D eigenvalue weighted by molar-refractivity contribution is 7.91. The van der Waals surface area contributed by atoms with E-state index in [0.29, 0.717) is 22.0 Å². The second kappa shape index (κ2) is 7.91. The third kappa shape index (κ3) is 3.53. The number of ether oxygens (including phenoxy) is 1. The number of nitrogens with zero attached hydrogens (tertiary/aromatic N) is 2. The Balaban J connectivity index is 0.00000218. The predicted octanol–water partition coefficient (Wildman–Crippen LogP) is 4.05. The molecular formula is C22H22ClN3O3S. The Hall–Kier alpha value is -2.61. The summed E-state index contributed by atoms with van der Waals surface area (Å²) >= 11 is 0. The van der Waals surface area contributed by atoms with Gasteiger partial charge in [-0.15, -0.1) is 12.4 Å². The minimum atomic E-state index is -3.78. The Labute approximate surface area is 181 Å². The zero-order valence-corrected chi connectivity index (χ0v) is 18.0. The molecule has 4 aromatic rings. The molecule has 1 N–H and O–H groups in total. The molecule has 0 radical (unpaired) electrons. The number of hydrogen-bond acceptors (Lipinski definition) is 5. The van der Waals surface area contributed by atoms with Gasteiger partial charge in [-0.05, 0) is 43.1 Å². The molecule has 0 spiro atoms. The summed E-state index contributed by atoms with van der Waals surface area (Å²) in [6.07, 6.45) is 1.07. The van der Waals surface area contributed by atoms with Crippen LogP contribution < -0.4 is 4.74 Å². The highest BCUT2D eigenvalue weighted by Crippen LogP contribution is 2.33. The summed E-state index contributed by atoms with van der Waals surface area (Å²) in [5.41, 5.74) is 0.597. The average molecular weight is 444 g/mol. The molecule has 2 heterocycles. The van der Waals surface area contributed by atoms with E-state index in [-0.39, 0.29) is 28.4 Å². The number of likely N-dealkylation sites (tertiary alicyclic amines) is 1. The van der Waals surface area contributed by atoms with Gasteiger partial charge in [0.05, 0.1) is 10.4 Å². The first-order chi connectivity index (χ1) is 14.0. The third-order valence-electron chi connectivity index (χ3n) is 5.45. The molecule has 5 rings (SSSR count). The number of H-pyrrole nitrogens is 1. The van der Waals surface area contributed by atoms with Gasteiger partial charge in [0.15, 0.2) is 5.03 Å². The van der Waals surface area contributed by atoms with Crippen LogP contribution in [0.3, 0.4) is 0 Å². The summed E-state index contributed by atoms with van der Waals surface area (Å²) in [4.78, 5) is 2.49. The molecule has 1 aliphatic heterocycles. The van der Waals surface area contributed by atoms with Crippen molar-refractivity contribution >= 4 is 43.9 Å². The Morgan fingerprint density at radius 2 is 1.87 bits per heavy atom. The summed E-state index contributed by atoms with van der Waals surface area (Å²) in [5, 5.41) is 9.16. The van der Waals surface area contributed by atoms with Crippen LogP contribution in [0.15, 0.2) is 70.6 Å². The standard InChI is InChI=1S/C22H21N3O3S.ClH/c1-25-12-11-17(14-25)28-16-9-10-20-19(13-16)22(24-23-20)29(26,27)21-8-4-6-15-5-2-3-7-18(15)21;/h2-10,13,17H,11-12,14H2,1H3,(H,23,24);1H. The number of hydrogen-bond donors (Lipinski definition) is 1. The monoisotopic (exact) mass is 443 g/mol. The van der Waals surface area contributed by atoms with E-state index in [1.807, 2.05) is 36.4 Å². The van der Waals surface area contributed by atoms with Crippen LogP contribution in [-0.4, -0.2) is 49.8 Å². The Morgan fingerprint density at radius 1 is 1.07 bits per heavy atom. The number of sulfone groups is 1. The first-order valence-corrected chi connectivity index (χ1v) is 11.1. The van der Waals surface area contributed by atoms with Gasteiger partial charge < -0.3 is 9.64 Å². The normalized spacial score (nSPS) is 17.3. The molecule has 0 aliphatic carbocycles. The molecule has 1 atom stereocenters. The Bertz CT molecular complexity index is 1310. The van der Waals surface area contributed by atoms with Gasteiger partial charge in [0, 0.05) is 23.9 Å². The van der Waals surface area contributed by atoms with Gasteiger partial charge in [0.2, 0.25) is 9.84 Å². The van der Waals surface area contributed by atoms with Crippen LogP contribution in [0, 0.1) is 0 Å². The van der Waals surface area contributed by atoms with E-state index in [1.165, 1.54) is 0 Å². The van der Waals surface area contributed by atoms with E-state index in [9.17, 15) is 8.42 Å². The van der Waals surface area contributed by atoms with Crippen molar-refractivity contribution in [2.24, 2.45) is 0 Å². The van der Waals surface area contributed by atoms with Crippen molar-refractivity contribution < 1.29 is 13.2 Å². The number of nitrogens with one attached hydrogen (secondary N) is 1. The topological polar surface area (TPSA) is 75.3 Å². The van der Waals surface area contributed by atoms with Crippen molar-refractivity contribution in [2.75, 3.05) is 20.1 Å². The molecule has 6 nitrogen and oxygen atoms in total. The van der Waals surface area contributed by atoms with Gasteiger partial charge >= 0.3 is 0 Å². The minimum absolute atomic E-state index is 0. The minimum Gasteiger partial charge on any atom is -0.489 e.